The summed E-state index contributed by atoms with van der Waals surface area (Å²) < 4.78 is 2.03. The maximum Gasteiger partial charge on any atom is 0.181 e. The van der Waals surface area contributed by atoms with Crippen molar-refractivity contribution in [3.8, 4) is 16.9 Å². The third kappa shape index (κ3) is 2.05. The van der Waals surface area contributed by atoms with Gasteiger partial charge >= 0.3 is 0 Å². The molecule has 2 aromatic heterocycles. The molecule has 0 spiro atoms. The fourth-order valence-corrected chi connectivity index (χ4v) is 2.56. The van der Waals surface area contributed by atoms with Crippen LogP contribution in [0, 0.1) is 6.92 Å². The average Bonchev–Trinajstić information content (AvgIpc) is 3.00. The molecular formula is C18H14N4. The standard InChI is InChI=1S/C18H14N4/c1-13-7-9-14(10-8-13)16-17-18(20-11-19-16)21-12-22(17)15-5-3-2-4-6-15/h2-12H,1H3. The second-order valence-electron chi connectivity index (χ2n) is 5.21. The van der Waals surface area contributed by atoms with Crippen LogP contribution in [-0.2, 0) is 0 Å². The molecule has 0 radical (unpaired) electrons. The van der Waals surface area contributed by atoms with Crippen LogP contribution in [0.5, 0.6) is 0 Å². The summed E-state index contributed by atoms with van der Waals surface area (Å²) in [6.45, 7) is 2.08. The first kappa shape index (κ1) is 12.7. The second-order valence-corrected chi connectivity index (χ2v) is 5.21. The first-order chi connectivity index (χ1) is 10.8. The van der Waals surface area contributed by atoms with Gasteiger partial charge < -0.3 is 0 Å². The minimum atomic E-state index is 0.703. The molecule has 2 heterocycles. The highest BCUT2D eigenvalue weighted by molar-refractivity contribution is 5.88. The van der Waals surface area contributed by atoms with Gasteiger partial charge in [0.1, 0.15) is 23.9 Å². The van der Waals surface area contributed by atoms with Crippen molar-refractivity contribution < 1.29 is 0 Å². The van der Waals surface area contributed by atoms with E-state index in [4.69, 9.17) is 0 Å². The van der Waals surface area contributed by atoms with Crippen LogP contribution in [0.1, 0.15) is 5.56 Å². The Bertz CT molecular complexity index is 924. The summed E-state index contributed by atoms with van der Waals surface area (Å²) in [6.07, 6.45) is 3.37. The van der Waals surface area contributed by atoms with Crippen molar-refractivity contribution in [1.29, 1.82) is 0 Å². The zero-order valence-corrected chi connectivity index (χ0v) is 12.1. The third-order valence-corrected chi connectivity index (χ3v) is 3.70. The molecule has 0 saturated carbocycles. The zero-order valence-electron chi connectivity index (χ0n) is 12.1. The minimum Gasteiger partial charge on any atom is -0.295 e. The molecule has 0 aliphatic carbocycles. The number of benzene rings is 2. The molecule has 0 saturated heterocycles. The monoisotopic (exact) mass is 286 g/mol. The lowest BCUT2D eigenvalue weighted by atomic mass is 10.1. The zero-order chi connectivity index (χ0) is 14.9. The molecule has 4 rings (SSSR count). The van der Waals surface area contributed by atoms with Crippen molar-refractivity contribution in [3.05, 3.63) is 72.8 Å². The summed E-state index contributed by atoms with van der Waals surface area (Å²) in [4.78, 5) is 13.2. The number of aryl methyl sites for hydroxylation is 1. The molecule has 4 heteroatoms. The van der Waals surface area contributed by atoms with E-state index in [9.17, 15) is 0 Å². The number of aromatic nitrogens is 4. The molecule has 0 atom stereocenters. The van der Waals surface area contributed by atoms with Crippen LogP contribution in [0.4, 0.5) is 0 Å². The lowest BCUT2D eigenvalue weighted by molar-refractivity contribution is 1.09. The molecule has 0 unspecified atom stereocenters. The number of nitrogens with zero attached hydrogens (tertiary/aromatic N) is 4. The molecule has 2 aromatic carbocycles. The van der Waals surface area contributed by atoms with Crippen LogP contribution >= 0.6 is 0 Å². The van der Waals surface area contributed by atoms with Crippen molar-refractivity contribution in [2.45, 2.75) is 6.92 Å². The Labute approximate surface area is 128 Å². The van der Waals surface area contributed by atoms with E-state index in [2.05, 4.69) is 46.1 Å². The van der Waals surface area contributed by atoms with Gasteiger partial charge in [-0.2, -0.15) is 0 Å². The number of para-hydroxylation sites is 1. The number of rotatable bonds is 2. The van der Waals surface area contributed by atoms with Crippen LogP contribution in [0.25, 0.3) is 28.1 Å². The van der Waals surface area contributed by atoms with Crippen molar-refractivity contribution >= 4 is 11.2 Å². The maximum atomic E-state index is 4.49. The molecule has 4 nitrogen and oxygen atoms in total. The van der Waals surface area contributed by atoms with Crippen molar-refractivity contribution in [3.63, 3.8) is 0 Å². The van der Waals surface area contributed by atoms with E-state index < -0.39 is 0 Å². The lowest BCUT2D eigenvalue weighted by Gasteiger charge is -2.08. The van der Waals surface area contributed by atoms with Gasteiger partial charge in [0.15, 0.2) is 5.65 Å². The van der Waals surface area contributed by atoms with Crippen LogP contribution in [-0.4, -0.2) is 19.5 Å². The highest BCUT2D eigenvalue weighted by atomic mass is 15.1. The van der Waals surface area contributed by atoms with Gasteiger partial charge in [0, 0.05) is 11.3 Å². The molecule has 0 aliphatic rings. The Hall–Kier alpha value is -3.01. The number of hydrogen-bond donors (Lipinski definition) is 0. The third-order valence-electron chi connectivity index (χ3n) is 3.70. The normalized spacial score (nSPS) is 11.0. The summed E-state index contributed by atoms with van der Waals surface area (Å²) in [5, 5.41) is 0. The van der Waals surface area contributed by atoms with E-state index in [1.807, 2.05) is 34.9 Å². The van der Waals surface area contributed by atoms with Crippen molar-refractivity contribution in [2.24, 2.45) is 0 Å². The summed E-state index contributed by atoms with van der Waals surface area (Å²) in [5.41, 5.74) is 5.87. The molecule has 0 amide bonds. The summed E-state index contributed by atoms with van der Waals surface area (Å²) in [5.74, 6) is 0. The SMILES string of the molecule is Cc1ccc(-c2ncnc3ncn(-c4ccccc4)c23)cc1. The van der Waals surface area contributed by atoms with Gasteiger partial charge in [-0.25, -0.2) is 15.0 Å². The smallest absolute Gasteiger partial charge is 0.181 e. The molecule has 22 heavy (non-hydrogen) atoms. The van der Waals surface area contributed by atoms with Crippen LogP contribution in [0.2, 0.25) is 0 Å². The van der Waals surface area contributed by atoms with E-state index in [0.29, 0.717) is 5.65 Å². The fraction of sp³-hybridized carbons (Fsp3) is 0.0556. The van der Waals surface area contributed by atoms with Crippen molar-refractivity contribution in [1.82, 2.24) is 19.5 Å². The van der Waals surface area contributed by atoms with E-state index >= 15 is 0 Å². The van der Waals surface area contributed by atoms with Gasteiger partial charge in [0.2, 0.25) is 0 Å². The topological polar surface area (TPSA) is 43.6 Å². The number of hydrogen-bond acceptors (Lipinski definition) is 3. The van der Waals surface area contributed by atoms with Gasteiger partial charge in [-0.15, -0.1) is 0 Å². The quantitative estimate of drug-likeness (QED) is 0.563. The average molecular weight is 286 g/mol. The van der Waals surface area contributed by atoms with E-state index in [-0.39, 0.29) is 0 Å². The first-order valence-electron chi connectivity index (χ1n) is 7.13. The highest BCUT2D eigenvalue weighted by Gasteiger charge is 2.13. The Balaban J connectivity index is 2.00. The molecule has 0 bridgehead atoms. The molecule has 0 aliphatic heterocycles. The maximum absolute atomic E-state index is 4.49. The Kier molecular flexibility index (Phi) is 2.93. The largest absolute Gasteiger partial charge is 0.295 e. The number of fused-ring (bicyclic) bond motifs is 1. The minimum absolute atomic E-state index is 0.703. The predicted molar refractivity (Wildman–Crippen MR) is 86.8 cm³/mol. The first-order valence-corrected chi connectivity index (χ1v) is 7.13. The summed E-state index contributed by atoms with van der Waals surface area (Å²) in [7, 11) is 0. The summed E-state index contributed by atoms with van der Waals surface area (Å²) in [6, 6.07) is 18.5. The van der Waals surface area contributed by atoms with Crippen LogP contribution in [0.3, 0.4) is 0 Å². The van der Waals surface area contributed by atoms with Gasteiger partial charge in [0.05, 0.1) is 0 Å². The lowest BCUT2D eigenvalue weighted by Crippen LogP contribution is -1.96. The Morgan fingerprint density at radius 3 is 2.36 bits per heavy atom. The van der Waals surface area contributed by atoms with E-state index in [1.165, 1.54) is 5.56 Å². The Morgan fingerprint density at radius 2 is 1.59 bits per heavy atom. The van der Waals surface area contributed by atoms with Gasteiger partial charge in [-0.3, -0.25) is 4.57 Å². The molecule has 4 aromatic rings. The van der Waals surface area contributed by atoms with Gasteiger partial charge in [-0.1, -0.05) is 48.0 Å². The fourth-order valence-electron chi connectivity index (χ4n) is 2.56. The summed E-state index contributed by atoms with van der Waals surface area (Å²) >= 11 is 0. The van der Waals surface area contributed by atoms with E-state index in [0.717, 1.165) is 22.5 Å². The van der Waals surface area contributed by atoms with Gasteiger partial charge in [-0.05, 0) is 19.1 Å². The van der Waals surface area contributed by atoms with Crippen LogP contribution < -0.4 is 0 Å². The molecule has 106 valence electrons. The van der Waals surface area contributed by atoms with Crippen LogP contribution in [0.15, 0.2) is 67.3 Å². The Morgan fingerprint density at radius 1 is 0.818 bits per heavy atom. The molecular weight excluding hydrogens is 272 g/mol. The predicted octanol–water partition coefficient (Wildman–Crippen LogP) is 3.79. The van der Waals surface area contributed by atoms with Gasteiger partial charge in [0.25, 0.3) is 0 Å². The van der Waals surface area contributed by atoms with Crippen molar-refractivity contribution in [2.75, 3.05) is 0 Å². The molecule has 0 N–H and O–H groups in total. The van der Waals surface area contributed by atoms with E-state index in [1.54, 1.807) is 12.7 Å². The second kappa shape index (κ2) is 5.07. The number of imidazole rings is 1. The molecule has 0 fully saturated rings. The highest BCUT2D eigenvalue weighted by Crippen LogP contribution is 2.27.